The number of aromatic nitrogens is 1. The maximum absolute atomic E-state index is 16.7. The molecule has 2 aromatic heterocycles. The number of nitrogens with zero attached hydrogens (tertiary/aromatic N) is 3. The zero-order valence-corrected chi connectivity index (χ0v) is 34.8. The van der Waals surface area contributed by atoms with Crippen LogP contribution in [0.2, 0.25) is 0 Å². The molecule has 0 N–H and O–H groups in total. The van der Waals surface area contributed by atoms with Crippen LogP contribution in [0.25, 0.3) is 66.1 Å². The first-order valence-corrected chi connectivity index (χ1v) is 22.5. The van der Waals surface area contributed by atoms with Gasteiger partial charge in [-0.15, -0.1) is 0 Å². The molecule has 0 saturated carbocycles. The summed E-state index contributed by atoms with van der Waals surface area (Å²) in [7, 11) is -3.64. The third-order valence-corrected chi connectivity index (χ3v) is 14.9. The molecule has 6 heteroatoms. The Labute approximate surface area is 355 Å². The van der Waals surface area contributed by atoms with Crippen LogP contribution in [0, 0.1) is 0 Å². The van der Waals surface area contributed by atoms with Gasteiger partial charge in [-0.2, -0.15) is 0 Å². The summed E-state index contributed by atoms with van der Waals surface area (Å²) in [4.78, 5) is 0. The fourth-order valence-corrected chi connectivity index (χ4v) is 12.1. The molecule has 61 heavy (non-hydrogen) atoms. The van der Waals surface area contributed by atoms with E-state index in [4.69, 9.17) is 4.42 Å². The lowest BCUT2D eigenvalue weighted by Gasteiger charge is -2.33. The van der Waals surface area contributed by atoms with Gasteiger partial charge in [0.15, 0.2) is 0 Å². The standard InChI is InChI=1S/C55H42N3O2P/c1-3-5-16-38(4-2)39-25-32-51-48(35-39)46-21-12-14-23-50(46)56(51)42-28-30-45(31-29-42)61(59)57(43-17-8-6-9-18-43)52-33-26-41(37-53(52)58(61)44-19-10-7-11-20-44)40-27-34-55-49(36-40)47-22-13-15-24-54(47)60-55/h4-37H,3H2,1-2H3/b16-5-,38-4+. The third-order valence-electron chi connectivity index (χ3n) is 12.0. The number of furan rings is 1. The summed E-state index contributed by atoms with van der Waals surface area (Å²) in [6.07, 6.45) is 7.58. The highest BCUT2D eigenvalue weighted by atomic mass is 31.2. The highest BCUT2D eigenvalue weighted by Gasteiger charge is 2.49. The zero-order chi connectivity index (χ0) is 41.1. The molecule has 294 valence electrons. The van der Waals surface area contributed by atoms with Gasteiger partial charge in [0.2, 0.25) is 0 Å². The van der Waals surface area contributed by atoms with Crippen LogP contribution in [0.4, 0.5) is 22.7 Å². The molecule has 0 radical (unpaired) electrons. The Bertz CT molecular complexity index is 3400. The van der Waals surface area contributed by atoms with Crippen molar-refractivity contribution in [3.05, 3.63) is 212 Å². The summed E-state index contributed by atoms with van der Waals surface area (Å²) in [5.41, 5.74) is 12.9. The van der Waals surface area contributed by atoms with Gasteiger partial charge in [-0.1, -0.05) is 116 Å². The molecule has 1 aliphatic heterocycles. The van der Waals surface area contributed by atoms with Crippen molar-refractivity contribution in [1.29, 1.82) is 0 Å². The summed E-state index contributed by atoms with van der Waals surface area (Å²) in [6.45, 7) is 4.26. The SMILES string of the molecule is C/C=C(\C=C/CC)c1ccc2c(c1)c1ccccc1n2-c1ccc(P2(=O)N(c3ccccc3)c3ccc(-c4ccc5oc6ccccc6c5c4)cc3N2c2ccccc2)cc1. The summed E-state index contributed by atoms with van der Waals surface area (Å²) < 4.78 is 29.4. The fourth-order valence-electron chi connectivity index (χ4n) is 9.13. The fraction of sp³-hybridized carbons (Fsp3) is 0.0545. The van der Waals surface area contributed by atoms with Crippen molar-refractivity contribution in [3.63, 3.8) is 0 Å². The quantitative estimate of drug-likeness (QED) is 0.113. The van der Waals surface area contributed by atoms with E-state index in [0.717, 1.165) is 84.3 Å². The molecule has 0 saturated heterocycles. The number of benzene rings is 8. The molecular weight excluding hydrogens is 766 g/mol. The number of anilines is 4. The van der Waals surface area contributed by atoms with Crippen molar-refractivity contribution in [2.24, 2.45) is 0 Å². The Morgan fingerprint density at radius 1 is 0.541 bits per heavy atom. The lowest BCUT2D eigenvalue weighted by atomic mass is 10.0. The van der Waals surface area contributed by atoms with Crippen molar-refractivity contribution in [1.82, 2.24) is 4.57 Å². The van der Waals surface area contributed by atoms with Crippen molar-refractivity contribution in [2.45, 2.75) is 20.3 Å². The van der Waals surface area contributed by atoms with Crippen molar-refractivity contribution in [2.75, 3.05) is 9.34 Å². The van der Waals surface area contributed by atoms with Crippen LogP contribution >= 0.6 is 7.44 Å². The Morgan fingerprint density at radius 3 is 1.90 bits per heavy atom. The average molecular weight is 808 g/mol. The van der Waals surface area contributed by atoms with Gasteiger partial charge in [0.25, 0.3) is 0 Å². The van der Waals surface area contributed by atoms with E-state index in [1.54, 1.807) is 0 Å². The van der Waals surface area contributed by atoms with E-state index < -0.39 is 7.44 Å². The van der Waals surface area contributed by atoms with E-state index in [1.807, 2.05) is 54.6 Å². The molecule has 1 aliphatic rings. The lowest BCUT2D eigenvalue weighted by molar-refractivity contribution is 0.582. The maximum Gasteiger partial charge on any atom is 0.301 e. The second-order valence-electron chi connectivity index (χ2n) is 15.5. The molecule has 5 nitrogen and oxygen atoms in total. The molecule has 0 amide bonds. The minimum Gasteiger partial charge on any atom is -0.456 e. The van der Waals surface area contributed by atoms with Crippen molar-refractivity contribution in [3.8, 4) is 16.8 Å². The Hall–Kier alpha value is -7.33. The third kappa shape index (κ3) is 5.88. The van der Waals surface area contributed by atoms with E-state index in [1.165, 1.54) is 21.9 Å². The Balaban J connectivity index is 1.07. The molecule has 11 rings (SSSR count). The van der Waals surface area contributed by atoms with Crippen LogP contribution in [0.1, 0.15) is 25.8 Å². The molecule has 0 spiro atoms. The topological polar surface area (TPSA) is 41.6 Å². The summed E-state index contributed by atoms with van der Waals surface area (Å²) in [5, 5.41) is 5.28. The van der Waals surface area contributed by atoms with E-state index in [9.17, 15) is 0 Å². The van der Waals surface area contributed by atoms with E-state index in [0.29, 0.717) is 0 Å². The Morgan fingerprint density at radius 2 is 1.16 bits per heavy atom. The highest BCUT2D eigenvalue weighted by Crippen LogP contribution is 2.70. The van der Waals surface area contributed by atoms with Gasteiger partial charge in [0.05, 0.1) is 27.7 Å². The average Bonchev–Trinajstić information content (AvgIpc) is 3.94. The molecule has 8 aromatic carbocycles. The number of allylic oxidation sites excluding steroid dienone is 4. The summed E-state index contributed by atoms with van der Waals surface area (Å²) >= 11 is 0. The lowest BCUT2D eigenvalue weighted by Crippen LogP contribution is -2.26. The molecular formula is C55H42N3O2P. The van der Waals surface area contributed by atoms with Gasteiger partial charge in [-0.25, -0.2) is 0 Å². The first-order valence-electron chi connectivity index (χ1n) is 20.9. The minimum absolute atomic E-state index is 0.733. The largest absolute Gasteiger partial charge is 0.456 e. The van der Waals surface area contributed by atoms with Crippen LogP contribution in [-0.4, -0.2) is 4.57 Å². The normalized spacial score (nSPS) is 15.5. The highest BCUT2D eigenvalue weighted by molar-refractivity contribution is 7.76. The number of hydrogen-bond acceptors (Lipinski definition) is 2. The number of para-hydroxylation sites is 4. The van der Waals surface area contributed by atoms with Gasteiger partial charge >= 0.3 is 7.44 Å². The van der Waals surface area contributed by atoms with Crippen LogP contribution < -0.4 is 14.6 Å². The van der Waals surface area contributed by atoms with E-state index >= 15 is 4.57 Å². The van der Waals surface area contributed by atoms with Gasteiger partial charge in [-0.05, 0) is 133 Å². The Kier molecular flexibility index (Phi) is 8.88. The monoisotopic (exact) mass is 807 g/mol. The molecule has 0 aliphatic carbocycles. The predicted octanol–water partition coefficient (Wildman–Crippen LogP) is 15.5. The summed E-state index contributed by atoms with van der Waals surface area (Å²) in [5.74, 6) is 0. The number of fused-ring (bicyclic) bond motifs is 7. The predicted molar refractivity (Wildman–Crippen MR) is 257 cm³/mol. The number of hydrogen-bond donors (Lipinski definition) is 0. The molecule has 0 fully saturated rings. The first-order chi connectivity index (χ1) is 30.0. The summed E-state index contributed by atoms with van der Waals surface area (Å²) in [6, 6.07) is 65.0. The first kappa shape index (κ1) is 36.7. The second-order valence-corrected chi connectivity index (χ2v) is 17.9. The van der Waals surface area contributed by atoms with Gasteiger partial charge in [-0.3, -0.25) is 13.9 Å². The molecule has 1 unspecified atom stereocenters. The number of rotatable bonds is 8. The van der Waals surface area contributed by atoms with Gasteiger partial charge in [0, 0.05) is 38.6 Å². The van der Waals surface area contributed by atoms with Gasteiger partial charge < -0.3 is 8.98 Å². The van der Waals surface area contributed by atoms with Crippen LogP contribution in [0.5, 0.6) is 0 Å². The van der Waals surface area contributed by atoms with Crippen molar-refractivity contribution < 1.29 is 8.98 Å². The van der Waals surface area contributed by atoms with Gasteiger partial charge in [0.1, 0.15) is 11.2 Å². The minimum atomic E-state index is -3.64. The smallest absolute Gasteiger partial charge is 0.301 e. The van der Waals surface area contributed by atoms with Crippen LogP contribution in [-0.2, 0) is 4.57 Å². The maximum atomic E-state index is 16.7. The van der Waals surface area contributed by atoms with Crippen molar-refractivity contribution >= 4 is 84.8 Å². The van der Waals surface area contributed by atoms with E-state index in [-0.39, 0.29) is 0 Å². The zero-order valence-electron chi connectivity index (χ0n) is 33.9. The molecule has 1 atom stereocenters. The van der Waals surface area contributed by atoms with Crippen LogP contribution in [0.15, 0.2) is 211 Å². The second kappa shape index (κ2) is 14.7. The molecule has 3 heterocycles. The van der Waals surface area contributed by atoms with Crippen LogP contribution in [0.3, 0.4) is 0 Å². The van der Waals surface area contributed by atoms with E-state index in [2.05, 4.69) is 179 Å². The molecule has 0 bridgehead atoms. The molecule has 10 aromatic rings.